The summed E-state index contributed by atoms with van der Waals surface area (Å²) in [6, 6.07) is -0.167. The van der Waals surface area contributed by atoms with E-state index < -0.39 is 0 Å². The molecule has 1 fully saturated rings. The number of amides is 1. The molecule has 1 heterocycles. The van der Waals surface area contributed by atoms with Gasteiger partial charge in [-0.2, -0.15) is 0 Å². The van der Waals surface area contributed by atoms with Gasteiger partial charge in [0.1, 0.15) is 0 Å². The predicted molar refractivity (Wildman–Crippen MR) is 75.3 cm³/mol. The number of primary amides is 1. The maximum absolute atomic E-state index is 11.3. The van der Waals surface area contributed by atoms with E-state index >= 15 is 0 Å². The fourth-order valence-corrected chi connectivity index (χ4v) is 2.53. The van der Waals surface area contributed by atoms with Crippen LogP contribution in [0, 0.1) is 11.8 Å². The standard InChI is InChI=1S/C14H29N3O/c1-4-7-16-13(14(15)18)6-9-17-8-5-11(2)12(3)10-17/h11-13,16H,4-10H2,1-3H3,(H2,15,18). The number of nitrogens with zero attached hydrogens (tertiary/aromatic N) is 1. The van der Waals surface area contributed by atoms with Gasteiger partial charge in [0, 0.05) is 13.1 Å². The Bertz CT molecular complexity index is 257. The normalized spacial score (nSPS) is 27.1. The SMILES string of the molecule is CCCNC(CCN1CCC(C)C(C)C1)C(N)=O. The second kappa shape index (κ2) is 7.74. The molecule has 1 amide bonds. The van der Waals surface area contributed by atoms with Crippen molar-refractivity contribution >= 4 is 5.91 Å². The van der Waals surface area contributed by atoms with Gasteiger partial charge in [0.05, 0.1) is 6.04 Å². The molecule has 1 aliphatic rings. The molecule has 3 atom stereocenters. The summed E-state index contributed by atoms with van der Waals surface area (Å²) in [4.78, 5) is 13.8. The Kier molecular flexibility index (Phi) is 6.65. The molecule has 1 aliphatic heterocycles. The highest BCUT2D eigenvalue weighted by Gasteiger charge is 2.23. The average Bonchev–Trinajstić information content (AvgIpc) is 2.33. The monoisotopic (exact) mass is 255 g/mol. The lowest BCUT2D eigenvalue weighted by molar-refractivity contribution is -0.120. The number of piperidine rings is 1. The van der Waals surface area contributed by atoms with E-state index in [1.807, 2.05) is 0 Å². The Hall–Kier alpha value is -0.610. The maximum atomic E-state index is 11.3. The van der Waals surface area contributed by atoms with Crippen molar-refractivity contribution in [3.05, 3.63) is 0 Å². The third-order valence-corrected chi connectivity index (χ3v) is 4.14. The van der Waals surface area contributed by atoms with Gasteiger partial charge in [-0.15, -0.1) is 0 Å². The number of likely N-dealkylation sites (tertiary alicyclic amines) is 1. The zero-order chi connectivity index (χ0) is 13.5. The van der Waals surface area contributed by atoms with Gasteiger partial charge in [-0.25, -0.2) is 0 Å². The summed E-state index contributed by atoms with van der Waals surface area (Å²) >= 11 is 0. The van der Waals surface area contributed by atoms with Crippen LogP contribution in [0.5, 0.6) is 0 Å². The lowest BCUT2D eigenvalue weighted by atomic mass is 9.88. The van der Waals surface area contributed by atoms with Crippen LogP contribution in [0.25, 0.3) is 0 Å². The minimum absolute atomic E-state index is 0.167. The zero-order valence-corrected chi connectivity index (χ0v) is 12.1. The van der Waals surface area contributed by atoms with E-state index in [0.29, 0.717) is 0 Å². The highest BCUT2D eigenvalue weighted by Crippen LogP contribution is 2.22. The van der Waals surface area contributed by atoms with Crippen molar-refractivity contribution in [3.63, 3.8) is 0 Å². The van der Waals surface area contributed by atoms with Crippen LogP contribution in [0.1, 0.15) is 40.0 Å². The highest BCUT2D eigenvalue weighted by atomic mass is 16.1. The van der Waals surface area contributed by atoms with E-state index in [0.717, 1.165) is 50.9 Å². The number of nitrogens with one attached hydrogen (secondary N) is 1. The molecule has 3 N–H and O–H groups in total. The van der Waals surface area contributed by atoms with Gasteiger partial charge in [0.15, 0.2) is 0 Å². The van der Waals surface area contributed by atoms with Crippen molar-refractivity contribution in [1.82, 2.24) is 10.2 Å². The summed E-state index contributed by atoms with van der Waals surface area (Å²) in [6.07, 6.45) is 3.13. The first-order chi connectivity index (χ1) is 8.54. The lowest BCUT2D eigenvalue weighted by Gasteiger charge is -2.35. The predicted octanol–water partition coefficient (Wildman–Crippen LogP) is 1.21. The van der Waals surface area contributed by atoms with Gasteiger partial charge in [0.25, 0.3) is 0 Å². The van der Waals surface area contributed by atoms with E-state index in [4.69, 9.17) is 5.73 Å². The van der Waals surface area contributed by atoms with E-state index in [1.54, 1.807) is 0 Å². The Morgan fingerprint density at radius 3 is 2.72 bits per heavy atom. The number of carbonyl (C=O) groups excluding carboxylic acids is 1. The first-order valence-corrected chi connectivity index (χ1v) is 7.29. The van der Waals surface area contributed by atoms with E-state index in [9.17, 15) is 4.79 Å². The molecule has 0 saturated carbocycles. The van der Waals surface area contributed by atoms with E-state index in [-0.39, 0.29) is 11.9 Å². The molecule has 0 spiro atoms. The molecular formula is C14H29N3O. The molecule has 0 aromatic carbocycles. The summed E-state index contributed by atoms with van der Waals surface area (Å²) in [5, 5.41) is 3.23. The van der Waals surface area contributed by atoms with Crippen molar-refractivity contribution in [2.75, 3.05) is 26.2 Å². The zero-order valence-electron chi connectivity index (χ0n) is 12.1. The molecule has 0 aliphatic carbocycles. The topological polar surface area (TPSA) is 58.4 Å². The van der Waals surface area contributed by atoms with Crippen LogP contribution in [-0.4, -0.2) is 43.0 Å². The van der Waals surface area contributed by atoms with Crippen molar-refractivity contribution < 1.29 is 4.79 Å². The van der Waals surface area contributed by atoms with Crippen LogP contribution in [-0.2, 0) is 4.79 Å². The van der Waals surface area contributed by atoms with Crippen molar-refractivity contribution in [2.24, 2.45) is 17.6 Å². The Labute approximate surface area is 111 Å². The molecule has 0 aromatic rings. The van der Waals surface area contributed by atoms with Crippen LogP contribution >= 0.6 is 0 Å². The van der Waals surface area contributed by atoms with Crippen LogP contribution in [0.2, 0.25) is 0 Å². The average molecular weight is 255 g/mol. The smallest absolute Gasteiger partial charge is 0.234 e. The first-order valence-electron chi connectivity index (χ1n) is 7.29. The second-order valence-corrected chi connectivity index (χ2v) is 5.74. The van der Waals surface area contributed by atoms with Gasteiger partial charge >= 0.3 is 0 Å². The van der Waals surface area contributed by atoms with Crippen LogP contribution in [0.15, 0.2) is 0 Å². The van der Waals surface area contributed by atoms with Gasteiger partial charge in [-0.05, 0) is 44.2 Å². The number of rotatable bonds is 7. The summed E-state index contributed by atoms with van der Waals surface area (Å²) < 4.78 is 0. The Balaban J connectivity index is 2.31. The molecule has 0 radical (unpaired) electrons. The largest absolute Gasteiger partial charge is 0.368 e. The quantitative estimate of drug-likeness (QED) is 0.719. The fourth-order valence-electron chi connectivity index (χ4n) is 2.53. The van der Waals surface area contributed by atoms with E-state index in [1.165, 1.54) is 6.42 Å². The van der Waals surface area contributed by atoms with Crippen LogP contribution < -0.4 is 11.1 Å². The van der Waals surface area contributed by atoms with Crippen molar-refractivity contribution in [3.8, 4) is 0 Å². The molecule has 0 bridgehead atoms. The maximum Gasteiger partial charge on any atom is 0.234 e. The summed E-state index contributed by atoms with van der Waals surface area (Å²) in [5.41, 5.74) is 5.42. The molecule has 4 nitrogen and oxygen atoms in total. The number of hydrogen-bond donors (Lipinski definition) is 2. The Morgan fingerprint density at radius 1 is 1.44 bits per heavy atom. The van der Waals surface area contributed by atoms with Crippen molar-refractivity contribution in [2.45, 2.75) is 46.1 Å². The molecule has 106 valence electrons. The number of hydrogen-bond acceptors (Lipinski definition) is 3. The lowest BCUT2D eigenvalue weighted by Crippen LogP contribution is -2.45. The molecular weight excluding hydrogens is 226 g/mol. The third kappa shape index (κ3) is 4.94. The molecule has 18 heavy (non-hydrogen) atoms. The number of nitrogens with two attached hydrogens (primary N) is 1. The molecule has 1 saturated heterocycles. The summed E-state index contributed by atoms with van der Waals surface area (Å²) in [6.45, 7) is 10.9. The highest BCUT2D eigenvalue weighted by molar-refractivity contribution is 5.79. The van der Waals surface area contributed by atoms with Gasteiger partial charge in [-0.1, -0.05) is 20.8 Å². The van der Waals surface area contributed by atoms with Crippen LogP contribution in [0.3, 0.4) is 0 Å². The molecule has 0 aromatic heterocycles. The third-order valence-electron chi connectivity index (χ3n) is 4.14. The first kappa shape index (κ1) is 15.4. The Morgan fingerprint density at radius 2 is 2.17 bits per heavy atom. The molecule has 4 heteroatoms. The van der Waals surface area contributed by atoms with E-state index in [2.05, 4.69) is 31.0 Å². The van der Waals surface area contributed by atoms with Gasteiger partial charge < -0.3 is 16.0 Å². The molecule has 3 unspecified atom stereocenters. The number of carbonyl (C=O) groups is 1. The van der Waals surface area contributed by atoms with Gasteiger partial charge in [-0.3, -0.25) is 4.79 Å². The molecule has 1 rings (SSSR count). The van der Waals surface area contributed by atoms with Gasteiger partial charge in [0.2, 0.25) is 5.91 Å². The fraction of sp³-hybridized carbons (Fsp3) is 0.929. The van der Waals surface area contributed by atoms with Crippen LogP contribution in [0.4, 0.5) is 0 Å². The summed E-state index contributed by atoms with van der Waals surface area (Å²) in [5.74, 6) is 1.36. The minimum atomic E-state index is -0.220. The van der Waals surface area contributed by atoms with Crippen molar-refractivity contribution in [1.29, 1.82) is 0 Å². The second-order valence-electron chi connectivity index (χ2n) is 5.74. The summed E-state index contributed by atoms with van der Waals surface area (Å²) in [7, 11) is 0. The minimum Gasteiger partial charge on any atom is -0.368 e.